The average Bonchev–Trinajstić information content (AvgIpc) is 2.69. The van der Waals surface area contributed by atoms with E-state index in [0.29, 0.717) is 30.0 Å². The second-order valence-corrected chi connectivity index (χ2v) is 8.45. The Kier molecular flexibility index (Phi) is 6.44. The highest BCUT2D eigenvalue weighted by Crippen LogP contribution is 2.19. The number of aromatic nitrogens is 1. The van der Waals surface area contributed by atoms with E-state index in [4.69, 9.17) is 11.6 Å². The maximum atomic E-state index is 12.4. The summed E-state index contributed by atoms with van der Waals surface area (Å²) in [5.41, 5.74) is 2.35. The molecular formula is C21H19ClN2O3S. The van der Waals surface area contributed by atoms with E-state index in [0.717, 1.165) is 11.1 Å². The second-order valence-electron chi connectivity index (χ2n) is 6.33. The van der Waals surface area contributed by atoms with Gasteiger partial charge in [0.05, 0.1) is 4.90 Å². The van der Waals surface area contributed by atoms with Gasteiger partial charge in [0.1, 0.15) is 5.78 Å². The summed E-state index contributed by atoms with van der Waals surface area (Å²) in [5, 5.41) is 0.469. The highest BCUT2D eigenvalue weighted by Gasteiger charge is 2.14. The van der Waals surface area contributed by atoms with Gasteiger partial charge in [-0.05, 0) is 66.1 Å². The molecule has 3 rings (SSSR count). The number of hydrogen-bond acceptors (Lipinski definition) is 4. The van der Waals surface area contributed by atoms with Crippen LogP contribution in [-0.2, 0) is 27.7 Å². The Morgan fingerprint density at radius 2 is 1.54 bits per heavy atom. The number of Topliss-reactive ketones (excluding diaryl/α,β-unsaturated/α-hetero) is 1. The van der Waals surface area contributed by atoms with Crippen LogP contribution < -0.4 is 4.72 Å². The van der Waals surface area contributed by atoms with Crippen LogP contribution in [0.1, 0.15) is 17.5 Å². The number of aryl methyl sites for hydroxylation is 1. The molecule has 3 aromatic rings. The lowest BCUT2D eigenvalue weighted by atomic mass is 10.0. The Bertz CT molecular complexity index is 1040. The molecule has 5 nitrogen and oxygen atoms in total. The van der Waals surface area contributed by atoms with E-state index in [1.807, 2.05) is 12.1 Å². The predicted octanol–water partition coefficient (Wildman–Crippen LogP) is 4.28. The highest BCUT2D eigenvalue weighted by atomic mass is 35.5. The van der Waals surface area contributed by atoms with Gasteiger partial charge < -0.3 is 0 Å². The number of nitrogens with one attached hydrogen (secondary N) is 1. The second kappa shape index (κ2) is 8.99. The smallest absolute Gasteiger partial charge is 0.261 e. The van der Waals surface area contributed by atoms with Gasteiger partial charge in [0.25, 0.3) is 10.0 Å². The summed E-state index contributed by atoms with van der Waals surface area (Å²) in [6.45, 7) is 0. The minimum atomic E-state index is -3.69. The van der Waals surface area contributed by atoms with Crippen LogP contribution in [0.5, 0.6) is 0 Å². The summed E-state index contributed by atoms with van der Waals surface area (Å²) in [6.07, 6.45) is 4.87. The van der Waals surface area contributed by atoms with Gasteiger partial charge >= 0.3 is 0 Å². The first kappa shape index (κ1) is 20.0. The van der Waals surface area contributed by atoms with E-state index in [9.17, 15) is 13.2 Å². The number of carbonyl (C=O) groups excluding carboxylic acids is 1. The molecule has 0 fully saturated rings. The number of nitrogens with zero attached hydrogens (tertiary/aromatic N) is 1. The Labute approximate surface area is 169 Å². The Hall–Kier alpha value is -2.70. The summed E-state index contributed by atoms with van der Waals surface area (Å²) in [6, 6.07) is 16.5. The molecule has 0 aliphatic heterocycles. The lowest BCUT2D eigenvalue weighted by Gasteiger charge is -2.09. The molecule has 0 radical (unpaired) electrons. The monoisotopic (exact) mass is 414 g/mol. The quantitative estimate of drug-likeness (QED) is 0.596. The van der Waals surface area contributed by atoms with Crippen molar-refractivity contribution in [1.29, 1.82) is 0 Å². The molecule has 28 heavy (non-hydrogen) atoms. The van der Waals surface area contributed by atoms with Crippen LogP contribution in [0, 0.1) is 0 Å². The molecule has 1 N–H and O–H groups in total. The number of benzene rings is 2. The number of pyridine rings is 1. The van der Waals surface area contributed by atoms with Crippen LogP contribution in [0.4, 0.5) is 5.69 Å². The van der Waals surface area contributed by atoms with Crippen LogP contribution in [0.3, 0.4) is 0 Å². The number of hydrogen-bond donors (Lipinski definition) is 1. The maximum Gasteiger partial charge on any atom is 0.261 e. The summed E-state index contributed by atoms with van der Waals surface area (Å²) in [7, 11) is -3.69. The summed E-state index contributed by atoms with van der Waals surface area (Å²) in [5.74, 6) is 0.131. The zero-order chi connectivity index (χ0) is 20.0. The number of sulfonamides is 1. The largest absolute Gasteiger partial charge is 0.299 e. The fourth-order valence-electron chi connectivity index (χ4n) is 2.67. The van der Waals surface area contributed by atoms with Gasteiger partial charge in [0, 0.05) is 35.9 Å². The van der Waals surface area contributed by atoms with Crippen molar-refractivity contribution in [1.82, 2.24) is 4.98 Å². The van der Waals surface area contributed by atoms with Crippen LogP contribution in [0.2, 0.25) is 5.02 Å². The highest BCUT2D eigenvalue weighted by molar-refractivity contribution is 7.92. The topological polar surface area (TPSA) is 76.1 Å². The molecule has 0 bridgehead atoms. The van der Waals surface area contributed by atoms with Gasteiger partial charge in [-0.25, -0.2) is 8.42 Å². The van der Waals surface area contributed by atoms with E-state index in [2.05, 4.69) is 9.71 Å². The zero-order valence-corrected chi connectivity index (χ0v) is 16.6. The van der Waals surface area contributed by atoms with Gasteiger partial charge in [-0.2, -0.15) is 0 Å². The van der Waals surface area contributed by atoms with Crippen molar-refractivity contribution in [3.8, 4) is 0 Å². The third kappa shape index (κ3) is 5.65. The molecule has 2 aromatic carbocycles. The molecule has 1 heterocycles. The van der Waals surface area contributed by atoms with Crippen molar-refractivity contribution in [2.45, 2.75) is 24.2 Å². The molecule has 0 unspecified atom stereocenters. The lowest BCUT2D eigenvalue weighted by Crippen LogP contribution is -2.13. The average molecular weight is 415 g/mol. The van der Waals surface area contributed by atoms with Gasteiger partial charge in [-0.1, -0.05) is 23.7 Å². The summed E-state index contributed by atoms with van der Waals surface area (Å²) in [4.78, 5) is 16.3. The van der Waals surface area contributed by atoms with Crippen molar-refractivity contribution in [3.05, 3.63) is 89.2 Å². The van der Waals surface area contributed by atoms with E-state index >= 15 is 0 Å². The maximum absolute atomic E-state index is 12.4. The van der Waals surface area contributed by atoms with Crippen molar-refractivity contribution >= 4 is 33.1 Å². The molecule has 0 aliphatic rings. The minimum Gasteiger partial charge on any atom is -0.299 e. The van der Waals surface area contributed by atoms with Crippen LogP contribution in [-0.4, -0.2) is 19.2 Å². The van der Waals surface area contributed by atoms with E-state index in [-0.39, 0.29) is 10.7 Å². The standard InChI is InChI=1S/C21H19ClN2O3S/c22-18-4-9-21(10-5-18)28(26,27)24-19-6-1-17(2-7-19)15-20(25)8-3-16-11-13-23-14-12-16/h1-2,4-7,9-14,24H,3,8,15H2. The Balaban J connectivity index is 1.57. The van der Waals surface area contributed by atoms with Gasteiger partial charge in [-0.15, -0.1) is 0 Å². The first-order valence-electron chi connectivity index (χ1n) is 8.70. The number of halogens is 1. The zero-order valence-electron chi connectivity index (χ0n) is 15.0. The molecule has 0 saturated heterocycles. The third-order valence-corrected chi connectivity index (χ3v) is 5.82. The normalized spacial score (nSPS) is 11.2. The molecule has 0 amide bonds. The van der Waals surface area contributed by atoms with Gasteiger partial charge in [-0.3, -0.25) is 14.5 Å². The molecule has 7 heteroatoms. The summed E-state index contributed by atoms with van der Waals surface area (Å²) < 4.78 is 27.3. The van der Waals surface area contributed by atoms with Crippen LogP contribution >= 0.6 is 11.6 Å². The number of rotatable bonds is 8. The fraction of sp³-hybridized carbons (Fsp3) is 0.143. The number of carbonyl (C=O) groups is 1. The predicted molar refractivity (Wildman–Crippen MR) is 110 cm³/mol. The first-order chi connectivity index (χ1) is 13.4. The molecule has 0 saturated carbocycles. The fourth-order valence-corrected chi connectivity index (χ4v) is 3.85. The number of ketones is 1. The first-order valence-corrected chi connectivity index (χ1v) is 10.6. The molecule has 0 atom stereocenters. The molecule has 0 aliphatic carbocycles. The van der Waals surface area contributed by atoms with E-state index in [1.54, 1.807) is 36.7 Å². The lowest BCUT2D eigenvalue weighted by molar-refractivity contribution is -0.118. The van der Waals surface area contributed by atoms with Gasteiger partial charge in [0.2, 0.25) is 0 Å². The van der Waals surface area contributed by atoms with Crippen molar-refractivity contribution in [2.24, 2.45) is 0 Å². The van der Waals surface area contributed by atoms with Crippen molar-refractivity contribution in [3.63, 3.8) is 0 Å². The Morgan fingerprint density at radius 3 is 2.18 bits per heavy atom. The minimum absolute atomic E-state index is 0.131. The molecule has 144 valence electrons. The number of anilines is 1. The summed E-state index contributed by atoms with van der Waals surface area (Å²) >= 11 is 5.79. The molecule has 0 spiro atoms. The third-order valence-electron chi connectivity index (χ3n) is 4.17. The van der Waals surface area contributed by atoms with E-state index < -0.39 is 10.0 Å². The van der Waals surface area contributed by atoms with Crippen LogP contribution in [0.15, 0.2) is 78.0 Å². The SMILES string of the molecule is O=C(CCc1ccncc1)Cc1ccc(NS(=O)(=O)c2ccc(Cl)cc2)cc1. The van der Waals surface area contributed by atoms with Crippen LogP contribution in [0.25, 0.3) is 0 Å². The Morgan fingerprint density at radius 1 is 0.893 bits per heavy atom. The van der Waals surface area contributed by atoms with Crippen molar-refractivity contribution in [2.75, 3.05) is 4.72 Å². The van der Waals surface area contributed by atoms with Crippen molar-refractivity contribution < 1.29 is 13.2 Å². The molecular weight excluding hydrogens is 396 g/mol. The van der Waals surface area contributed by atoms with Gasteiger partial charge in [0.15, 0.2) is 0 Å². The van der Waals surface area contributed by atoms with E-state index in [1.165, 1.54) is 24.3 Å². The molecule has 1 aromatic heterocycles.